The van der Waals surface area contributed by atoms with Crippen LogP contribution in [-0.2, 0) is 10.2 Å². The van der Waals surface area contributed by atoms with Gasteiger partial charge in [0, 0.05) is 41.6 Å². The van der Waals surface area contributed by atoms with E-state index in [-0.39, 0.29) is 18.1 Å². The Bertz CT molecular complexity index is 1620. The second-order valence-electron chi connectivity index (χ2n) is 10.0. The molecule has 1 atom stereocenters. The molecule has 2 aliphatic rings. The number of hydrogen-bond acceptors (Lipinski definition) is 6. The molecule has 2 aromatic heterocycles. The highest BCUT2D eigenvalue weighted by molar-refractivity contribution is 7.90. The van der Waals surface area contributed by atoms with E-state index in [4.69, 9.17) is 4.74 Å². The molecule has 2 saturated carbocycles. The molecule has 2 aliphatic carbocycles. The van der Waals surface area contributed by atoms with Crippen molar-refractivity contribution in [3.05, 3.63) is 66.5 Å². The summed E-state index contributed by atoms with van der Waals surface area (Å²) in [6.07, 6.45) is 8.54. The summed E-state index contributed by atoms with van der Waals surface area (Å²) in [5, 5.41) is 11.0. The first kappa shape index (κ1) is 24.4. The minimum Gasteiger partial charge on any atom is -0.424 e. The largest absolute Gasteiger partial charge is 0.424 e. The van der Waals surface area contributed by atoms with Gasteiger partial charge >= 0.3 is 6.01 Å². The zero-order valence-corrected chi connectivity index (χ0v) is 21.8. The summed E-state index contributed by atoms with van der Waals surface area (Å²) < 4.78 is 38.6. The highest BCUT2D eigenvalue weighted by atomic mass is 32.2. The number of aromatic nitrogens is 3. The van der Waals surface area contributed by atoms with Gasteiger partial charge in [-0.05, 0) is 80.8 Å². The van der Waals surface area contributed by atoms with E-state index < -0.39 is 10.2 Å². The van der Waals surface area contributed by atoms with Gasteiger partial charge in [-0.2, -0.15) is 18.4 Å². The van der Waals surface area contributed by atoms with Gasteiger partial charge in [-0.15, -0.1) is 0 Å². The third kappa shape index (κ3) is 4.83. The minimum absolute atomic E-state index is 0.0922. The monoisotopic (exact) mass is 528 g/mol. The van der Waals surface area contributed by atoms with E-state index >= 15 is 0 Å². The maximum absolute atomic E-state index is 12.6. The van der Waals surface area contributed by atoms with E-state index in [0.717, 1.165) is 54.3 Å². The first-order valence-electron chi connectivity index (χ1n) is 12.9. The summed E-state index contributed by atoms with van der Waals surface area (Å²) in [5.41, 5.74) is 3.64. The fourth-order valence-corrected chi connectivity index (χ4v) is 6.22. The van der Waals surface area contributed by atoms with Crippen LogP contribution in [0, 0.1) is 17.2 Å². The number of nitrogens with one attached hydrogen (secondary N) is 2. The lowest BCUT2D eigenvalue weighted by atomic mass is 9.92. The molecule has 0 unspecified atom stereocenters. The van der Waals surface area contributed by atoms with Crippen molar-refractivity contribution in [3.8, 4) is 29.1 Å². The average molecular weight is 529 g/mol. The Morgan fingerprint density at radius 3 is 2.45 bits per heavy atom. The van der Waals surface area contributed by atoms with E-state index in [9.17, 15) is 13.7 Å². The topological polar surface area (TPSA) is 122 Å². The number of benzene rings is 2. The summed E-state index contributed by atoms with van der Waals surface area (Å²) in [4.78, 5) is 8.28. The van der Waals surface area contributed by atoms with Crippen molar-refractivity contribution in [2.75, 3.05) is 4.72 Å². The van der Waals surface area contributed by atoms with Gasteiger partial charge in [0.05, 0.1) is 16.8 Å². The van der Waals surface area contributed by atoms with Gasteiger partial charge in [0.15, 0.2) is 0 Å². The molecule has 0 radical (unpaired) electrons. The molecule has 2 aromatic carbocycles. The maximum atomic E-state index is 12.6. The summed E-state index contributed by atoms with van der Waals surface area (Å²) in [7, 11) is -3.68. The first-order chi connectivity index (χ1) is 18.4. The SMILES string of the molecule is C[C@H](NS(=O)(=O)Nc1ccc(-c2c(C#N)c3ccc(Oc4ncccn4)cc3n2C2CCC2)cc1)C1CC1. The lowest BCUT2D eigenvalue weighted by Gasteiger charge is -2.30. The van der Waals surface area contributed by atoms with Crippen LogP contribution in [0.2, 0.25) is 0 Å². The molecule has 6 rings (SSSR count). The zero-order valence-electron chi connectivity index (χ0n) is 21.0. The second kappa shape index (κ2) is 9.74. The number of rotatable bonds is 9. The zero-order chi connectivity index (χ0) is 26.3. The summed E-state index contributed by atoms with van der Waals surface area (Å²) >= 11 is 0. The van der Waals surface area contributed by atoms with Crippen LogP contribution < -0.4 is 14.2 Å². The van der Waals surface area contributed by atoms with Crippen molar-refractivity contribution in [1.29, 1.82) is 5.26 Å². The Labute approximate surface area is 221 Å². The van der Waals surface area contributed by atoms with Crippen LogP contribution in [0.1, 0.15) is 50.6 Å². The third-order valence-corrected chi connectivity index (χ3v) is 8.55. The molecular weight excluding hydrogens is 500 g/mol. The third-order valence-electron chi connectivity index (χ3n) is 7.36. The van der Waals surface area contributed by atoms with Crippen molar-refractivity contribution in [2.24, 2.45) is 5.92 Å². The molecule has 0 bridgehead atoms. The molecular formula is C28H28N6O3S. The van der Waals surface area contributed by atoms with Gasteiger partial charge in [-0.3, -0.25) is 4.72 Å². The molecule has 38 heavy (non-hydrogen) atoms. The molecule has 0 aliphatic heterocycles. The molecule has 194 valence electrons. The number of hydrogen-bond donors (Lipinski definition) is 2. The van der Waals surface area contributed by atoms with E-state index in [0.29, 0.717) is 22.9 Å². The van der Waals surface area contributed by atoms with Gasteiger partial charge in [0.25, 0.3) is 10.2 Å². The molecule has 2 heterocycles. The number of nitriles is 1. The number of nitrogens with zero attached hydrogens (tertiary/aromatic N) is 4. The molecule has 4 aromatic rings. The van der Waals surface area contributed by atoms with Crippen molar-refractivity contribution in [3.63, 3.8) is 0 Å². The molecule has 2 fully saturated rings. The lowest BCUT2D eigenvalue weighted by Crippen LogP contribution is -2.38. The highest BCUT2D eigenvalue weighted by Crippen LogP contribution is 2.43. The van der Waals surface area contributed by atoms with Gasteiger partial charge in [0.1, 0.15) is 11.8 Å². The van der Waals surface area contributed by atoms with Crippen LogP contribution in [0.3, 0.4) is 0 Å². The lowest BCUT2D eigenvalue weighted by molar-refractivity contribution is 0.324. The molecule has 0 saturated heterocycles. The van der Waals surface area contributed by atoms with Crippen molar-refractivity contribution < 1.29 is 13.2 Å². The van der Waals surface area contributed by atoms with E-state index in [1.165, 1.54) is 0 Å². The number of anilines is 1. The predicted octanol–water partition coefficient (Wildman–Crippen LogP) is 5.53. The average Bonchev–Trinajstić information content (AvgIpc) is 3.68. The Morgan fingerprint density at radius 2 is 1.82 bits per heavy atom. The summed E-state index contributed by atoms with van der Waals surface area (Å²) in [6, 6.07) is 17.4. The highest BCUT2D eigenvalue weighted by Gasteiger charge is 2.31. The molecule has 2 N–H and O–H groups in total. The van der Waals surface area contributed by atoms with Gasteiger partial charge in [-0.25, -0.2) is 9.97 Å². The van der Waals surface area contributed by atoms with Crippen LogP contribution in [-0.4, -0.2) is 29.0 Å². The van der Waals surface area contributed by atoms with Crippen LogP contribution in [0.25, 0.3) is 22.2 Å². The van der Waals surface area contributed by atoms with E-state index in [1.54, 1.807) is 30.6 Å². The van der Waals surface area contributed by atoms with Crippen molar-refractivity contribution in [2.45, 2.75) is 51.1 Å². The number of fused-ring (bicyclic) bond motifs is 1. The standard InChI is InChI=1S/C28H28N6O3S/c1-18(19-6-7-19)32-38(35,36)33-21-10-8-20(9-11-21)27-25(17-29)24-13-12-23(37-28-30-14-3-15-31-28)16-26(24)34(27)22-4-2-5-22/h3,8-16,18-19,22,32-33H,2,4-7H2,1H3/t18-/m0/s1. The van der Waals surface area contributed by atoms with Crippen LogP contribution in [0.4, 0.5) is 5.69 Å². The van der Waals surface area contributed by atoms with Crippen molar-refractivity contribution >= 4 is 26.8 Å². The quantitative estimate of drug-likeness (QED) is 0.294. The number of ether oxygens (including phenoxy) is 1. The Kier molecular flexibility index (Phi) is 6.26. The minimum atomic E-state index is -3.68. The molecule has 10 heteroatoms. The van der Waals surface area contributed by atoms with Gasteiger partial charge < -0.3 is 9.30 Å². The van der Waals surface area contributed by atoms with Crippen LogP contribution in [0.5, 0.6) is 11.8 Å². The second-order valence-corrected chi connectivity index (χ2v) is 11.5. The molecule has 0 amide bonds. The Hall–Kier alpha value is -3.94. The van der Waals surface area contributed by atoms with Crippen LogP contribution in [0.15, 0.2) is 60.9 Å². The fraction of sp³-hybridized carbons (Fsp3) is 0.321. The van der Waals surface area contributed by atoms with E-state index in [2.05, 4.69) is 30.0 Å². The normalized spacial score (nSPS) is 16.5. The smallest absolute Gasteiger partial charge is 0.321 e. The van der Waals surface area contributed by atoms with E-state index in [1.807, 2.05) is 37.3 Å². The Morgan fingerprint density at radius 1 is 1.08 bits per heavy atom. The molecule has 0 spiro atoms. The predicted molar refractivity (Wildman–Crippen MR) is 145 cm³/mol. The summed E-state index contributed by atoms with van der Waals surface area (Å²) in [5.74, 6) is 1.01. The van der Waals surface area contributed by atoms with Crippen LogP contribution >= 0.6 is 0 Å². The Balaban J connectivity index is 1.35. The maximum Gasteiger partial charge on any atom is 0.321 e. The summed E-state index contributed by atoms with van der Waals surface area (Å²) in [6.45, 7) is 1.89. The first-order valence-corrected chi connectivity index (χ1v) is 14.3. The molecule has 9 nitrogen and oxygen atoms in total. The van der Waals surface area contributed by atoms with Gasteiger partial charge in [0.2, 0.25) is 0 Å². The fourth-order valence-electron chi connectivity index (χ4n) is 5.04. The van der Waals surface area contributed by atoms with Crippen molar-refractivity contribution in [1.82, 2.24) is 19.3 Å². The van der Waals surface area contributed by atoms with Gasteiger partial charge in [-0.1, -0.05) is 12.1 Å².